The molecule has 0 radical (unpaired) electrons. The van der Waals surface area contributed by atoms with Gasteiger partial charge in [0.2, 0.25) is 0 Å². The van der Waals surface area contributed by atoms with E-state index in [4.69, 9.17) is 4.74 Å². The summed E-state index contributed by atoms with van der Waals surface area (Å²) in [5.41, 5.74) is 5.89. The Labute approximate surface area is 135 Å². The third kappa shape index (κ3) is 3.31. The molecule has 1 aromatic heterocycles. The molecule has 0 bridgehead atoms. The Morgan fingerprint density at radius 1 is 1.19 bits per heavy atom. The summed E-state index contributed by atoms with van der Waals surface area (Å²) in [4.78, 5) is 0. The van der Waals surface area contributed by atoms with Gasteiger partial charge in [0.25, 0.3) is 0 Å². The van der Waals surface area contributed by atoms with Crippen molar-refractivity contribution in [2.24, 2.45) is 0 Å². The minimum atomic E-state index is 0.533. The molecule has 0 spiro atoms. The van der Waals surface area contributed by atoms with Crippen molar-refractivity contribution in [1.82, 2.24) is 9.78 Å². The van der Waals surface area contributed by atoms with E-state index in [1.54, 1.807) is 0 Å². The average Bonchev–Trinajstić information content (AvgIpc) is 2.77. The van der Waals surface area contributed by atoms with Crippen LogP contribution in [-0.2, 0) is 19.6 Å². The second kappa shape index (κ2) is 6.65. The number of halogens is 1. The molecular weight excluding hydrogens is 328 g/mol. The molecule has 1 aromatic carbocycles. The van der Waals surface area contributed by atoms with Crippen LogP contribution in [0, 0.1) is 20.8 Å². The van der Waals surface area contributed by atoms with Crippen molar-refractivity contribution in [3.05, 3.63) is 44.7 Å². The molecule has 0 atom stereocenters. The van der Waals surface area contributed by atoms with Crippen LogP contribution in [0.25, 0.3) is 0 Å². The monoisotopic (exact) mass is 350 g/mol. The van der Waals surface area contributed by atoms with Gasteiger partial charge >= 0.3 is 0 Å². The van der Waals surface area contributed by atoms with Gasteiger partial charge in [-0.15, -0.1) is 0 Å². The number of rotatable bonds is 5. The Bertz CT molecular complexity index is 647. The lowest BCUT2D eigenvalue weighted by molar-refractivity contribution is 0.289. The molecule has 2 aromatic rings. The number of aryl methyl sites for hydroxylation is 4. The summed E-state index contributed by atoms with van der Waals surface area (Å²) >= 11 is 3.66. The third-order valence-corrected chi connectivity index (χ3v) is 4.74. The molecule has 0 saturated heterocycles. The normalized spacial score (nSPS) is 11.0. The Morgan fingerprint density at radius 3 is 2.52 bits per heavy atom. The van der Waals surface area contributed by atoms with E-state index in [9.17, 15) is 0 Å². The second-order valence-electron chi connectivity index (χ2n) is 5.37. The highest BCUT2D eigenvalue weighted by atomic mass is 79.9. The van der Waals surface area contributed by atoms with Crippen molar-refractivity contribution in [2.45, 2.75) is 54.2 Å². The Balaban J connectivity index is 2.26. The number of hydrogen-bond acceptors (Lipinski definition) is 2. The molecule has 0 N–H and O–H groups in total. The molecule has 4 heteroatoms. The fraction of sp³-hybridized carbons (Fsp3) is 0.471. The highest BCUT2D eigenvalue weighted by Crippen LogP contribution is 2.27. The zero-order valence-electron chi connectivity index (χ0n) is 13.5. The van der Waals surface area contributed by atoms with Gasteiger partial charge in [-0.3, -0.25) is 4.68 Å². The van der Waals surface area contributed by atoms with Crippen molar-refractivity contribution in [3.8, 4) is 5.75 Å². The van der Waals surface area contributed by atoms with Crippen LogP contribution >= 0.6 is 15.9 Å². The Hall–Kier alpha value is -1.29. The van der Waals surface area contributed by atoms with E-state index in [2.05, 4.69) is 67.8 Å². The van der Waals surface area contributed by atoms with Gasteiger partial charge in [-0.2, -0.15) is 5.10 Å². The van der Waals surface area contributed by atoms with Crippen molar-refractivity contribution in [1.29, 1.82) is 0 Å². The predicted molar refractivity (Wildman–Crippen MR) is 90.0 cm³/mol. The number of nitrogens with zero attached hydrogens (tertiary/aromatic N) is 2. The largest absolute Gasteiger partial charge is 0.487 e. The van der Waals surface area contributed by atoms with Crippen molar-refractivity contribution < 1.29 is 4.74 Å². The summed E-state index contributed by atoms with van der Waals surface area (Å²) in [6.45, 7) is 11.9. The van der Waals surface area contributed by atoms with E-state index in [-0.39, 0.29) is 0 Å². The number of ether oxygens (including phenoxy) is 1. The first kappa shape index (κ1) is 16.1. The minimum Gasteiger partial charge on any atom is -0.487 e. The van der Waals surface area contributed by atoms with E-state index in [0.717, 1.165) is 34.6 Å². The maximum absolute atomic E-state index is 6.07. The molecule has 0 amide bonds. The van der Waals surface area contributed by atoms with Crippen molar-refractivity contribution in [2.75, 3.05) is 0 Å². The average molecular weight is 351 g/mol. The molecule has 2 rings (SSSR count). The van der Waals surface area contributed by atoms with Crippen LogP contribution in [-0.4, -0.2) is 9.78 Å². The van der Waals surface area contributed by atoms with Crippen LogP contribution in [0.2, 0.25) is 0 Å². The quantitative estimate of drug-likeness (QED) is 0.779. The molecule has 0 fully saturated rings. The maximum Gasteiger partial charge on any atom is 0.131 e. The van der Waals surface area contributed by atoms with Gasteiger partial charge in [-0.05, 0) is 72.8 Å². The van der Waals surface area contributed by atoms with Gasteiger partial charge in [0.1, 0.15) is 12.4 Å². The van der Waals surface area contributed by atoms with Gasteiger partial charge in [0.15, 0.2) is 0 Å². The SMILES string of the molecule is CCc1nn(CC)c(COc2cc(C)cc(C)c2C)c1Br. The van der Waals surface area contributed by atoms with Crippen molar-refractivity contribution in [3.63, 3.8) is 0 Å². The summed E-state index contributed by atoms with van der Waals surface area (Å²) < 4.78 is 9.17. The fourth-order valence-electron chi connectivity index (χ4n) is 2.45. The van der Waals surface area contributed by atoms with E-state index in [0.29, 0.717) is 6.61 Å². The number of benzene rings is 1. The molecule has 21 heavy (non-hydrogen) atoms. The van der Waals surface area contributed by atoms with Crippen LogP contribution in [0.3, 0.4) is 0 Å². The molecule has 114 valence electrons. The predicted octanol–water partition coefficient (Wildman–Crippen LogP) is 4.73. The minimum absolute atomic E-state index is 0.533. The topological polar surface area (TPSA) is 27.1 Å². The summed E-state index contributed by atoms with van der Waals surface area (Å²) in [6.07, 6.45) is 0.920. The first-order valence-corrected chi connectivity index (χ1v) is 8.21. The molecule has 0 saturated carbocycles. The fourth-order valence-corrected chi connectivity index (χ4v) is 3.13. The zero-order chi connectivity index (χ0) is 15.6. The second-order valence-corrected chi connectivity index (χ2v) is 6.16. The van der Waals surface area contributed by atoms with Gasteiger partial charge in [0.05, 0.1) is 15.9 Å². The van der Waals surface area contributed by atoms with Crippen LogP contribution in [0.4, 0.5) is 0 Å². The molecule has 0 unspecified atom stereocenters. The van der Waals surface area contributed by atoms with Crippen LogP contribution in [0.1, 0.15) is 41.9 Å². The van der Waals surface area contributed by atoms with E-state index in [1.807, 2.05) is 4.68 Å². The van der Waals surface area contributed by atoms with Gasteiger partial charge in [0, 0.05) is 6.54 Å². The molecule has 1 heterocycles. The molecule has 3 nitrogen and oxygen atoms in total. The highest BCUT2D eigenvalue weighted by Gasteiger charge is 2.15. The standard InChI is InChI=1S/C17H23BrN2O/c1-6-14-17(18)15(20(7-2)19-14)10-21-16-9-11(3)8-12(4)13(16)5/h8-9H,6-7,10H2,1-5H3. The van der Waals surface area contributed by atoms with E-state index >= 15 is 0 Å². The van der Waals surface area contributed by atoms with Crippen molar-refractivity contribution >= 4 is 15.9 Å². The van der Waals surface area contributed by atoms with Gasteiger partial charge in [-0.25, -0.2) is 0 Å². The maximum atomic E-state index is 6.07. The van der Waals surface area contributed by atoms with Gasteiger partial charge in [-0.1, -0.05) is 13.0 Å². The van der Waals surface area contributed by atoms with Crippen LogP contribution in [0.5, 0.6) is 5.75 Å². The van der Waals surface area contributed by atoms with E-state index < -0.39 is 0 Å². The Morgan fingerprint density at radius 2 is 1.90 bits per heavy atom. The summed E-state index contributed by atoms with van der Waals surface area (Å²) in [6, 6.07) is 4.28. The molecule has 0 aliphatic carbocycles. The van der Waals surface area contributed by atoms with E-state index in [1.165, 1.54) is 16.7 Å². The van der Waals surface area contributed by atoms with Crippen LogP contribution < -0.4 is 4.74 Å². The zero-order valence-corrected chi connectivity index (χ0v) is 15.0. The number of hydrogen-bond donors (Lipinski definition) is 0. The smallest absolute Gasteiger partial charge is 0.131 e. The molecular formula is C17H23BrN2O. The lowest BCUT2D eigenvalue weighted by atomic mass is 10.1. The summed E-state index contributed by atoms with van der Waals surface area (Å²) in [5, 5.41) is 4.61. The summed E-state index contributed by atoms with van der Waals surface area (Å²) in [7, 11) is 0. The first-order chi connectivity index (χ1) is 9.97. The Kier molecular flexibility index (Phi) is 5.09. The third-order valence-electron chi connectivity index (χ3n) is 3.82. The summed E-state index contributed by atoms with van der Waals surface area (Å²) in [5.74, 6) is 0.960. The highest BCUT2D eigenvalue weighted by molar-refractivity contribution is 9.10. The van der Waals surface area contributed by atoms with Crippen LogP contribution in [0.15, 0.2) is 16.6 Å². The lowest BCUT2D eigenvalue weighted by Crippen LogP contribution is -2.07. The molecule has 0 aliphatic rings. The molecule has 0 aliphatic heterocycles. The number of aromatic nitrogens is 2. The van der Waals surface area contributed by atoms with Gasteiger partial charge < -0.3 is 4.74 Å². The lowest BCUT2D eigenvalue weighted by Gasteiger charge is -2.13. The first-order valence-electron chi connectivity index (χ1n) is 7.42.